The number of rotatable bonds is 8. The molecular weight excluding hydrogens is 310 g/mol. The number of thioether (sulfide) groups is 1. The molecule has 0 saturated carbocycles. The van der Waals surface area contributed by atoms with Gasteiger partial charge >= 0.3 is 5.69 Å². The first-order valence-corrected chi connectivity index (χ1v) is 8.96. The van der Waals surface area contributed by atoms with Crippen LogP contribution >= 0.6 is 11.8 Å². The van der Waals surface area contributed by atoms with Gasteiger partial charge in [0, 0.05) is 12.1 Å². The molecule has 0 aliphatic carbocycles. The van der Waals surface area contributed by atoms with Crippen LogP contribution in [0.1, 0.15) is 55.5 Å². The lowest BCUT2D eigenvalue weighted by Crippen LogP contribution is -2.17. The summed E-state index contributed by atoms with van der Waals surface area (Å²) < 4.78 is 1.57. The van der Waals surface area contributed by atoms with E-state index in [1.807, 2.05) is 31.2 Å². The van der Waals surface area contributed by atoms with Crippen molar-refractivity contribution in [3.8, 4) is 0 Å². The van der Waals surface area contributed by atoms with Gasteiger partial charge in [-0.25, -0.2) is 9.89 Å². The lowest BCUT2D eigenvalue weighted by molar-refractivity contribution is 0.102. The molecule has 0 saturated heterocycles. The molecule has 124 valence electrons. The molecule has 0 amide bonds. The van der Waals surface area contributed by atoms with Crippen molar-refractivity contribution in [3.05, 3.63) is 45.9 Å². The quantitative estimate of drug-likeness (QED) is 0.593. The number of hydrogen-bond acceptors (Lipinski definition) is 4. The summed E-state index contributed by atoms with van der Waals surface area (Å²) in [7, 11) is 0. The molecule has 0 radical (unpaired) electrons. The third-order valence-electron chi connectivity index (χ3n) is 3.92. The van der Waals surface area contributed by atoms with Crippen LogP contribution in [0.2, 0.25) is 0 Å². The highest BCUT2D eigenvalue weighted by Gasteiger charge is 2.12. The first-order chi connectivity index (χ1) is 11.1. The van der Waals surface area contributed by atoms with E-state index in [0.717, 1.165) is 12.8 Å². The number of H-pyrrole nitrogens is 1. The Morgan fingerprint density at radius 3 is 2.61 bits per heavy atom. The third-order valence-corrected chi connectivity index (χ3v) is 4.89. The van der Waals surface area contributed by atoms with Crippen LogP contribution in [0.3, 0.4) is 0 Å². The zero-order valence-electron chi connectivity index (χ0n) is 13.8. The summed E-state index contributed by atoms with van der Waals surface area (Å²) in [6.45, 7) is 6.94. The van der Waals surface area contributed by atoms with Gasteiger partial charge < -0.3 is 0 Å². The first-order valence-electron chi connectivity index (χ1n) is 7.98. The van der Waals surface area contributed by atoms with Gasteiger partial charge in [-0.1, -0.05) is 56.8 Å². The van der Waals surface area contributed by atoms with Gasteiger partial charge in [0.25, 0.3) is 0 Å². The molecule has 0 spiro atoms. The molecule has 2 aromatic rings. The molecule has 1 N–H and O–H groups in total. The molecule has 0 bridgehead atoms. The van der Waals surface area contributed by atoms with Crippen molar-refractivity contribution in [3.63, 3.8) is 0 Å². The third kappa shape index (κ3) is 4.34. The van der Waals surface area contributed by atoms with Gasteiger partial charge in [0.2, 0.25) is 0 Å². The van der Waals surface area contributed by atoms with E-state index < -0.39 is 0 Å². The predicted molar refractivity (Wildman–Crippen MR) is 93.3 cm³/mol. The summed E-state index contributed by atoms with van der Waals surface area (Å²) in [5, 5.41) is 6.99. The van der Waals surface area contributed by atoms with E-state index in [9.17, 15) is 9.59 Å². The topological polar surface area (TPSA) is 67.8 Å². The van der Waals surface area contributed by atoms with E-state index in [-0.39, 0.29) is 17.2 Å². The van der Waals surface area contributed by atoms with Crippen molar-refractivity contribution in [1.82, 2.24) is 14.8 Å². The van der Waals surface area contributed by atoms with Gasteiger partial charge in [-0.3, -0.25) is 9.36 Å². The maximum Gasteiger partial charge on any atom is 0.343 e. The molecule has 1 heterocycles. The van der Waals surface area contributed by atoms with Crippen LogP contribution in [-0.2, 0) is 6.54 Å². The van der Waals surface area contributed by atoms with Crippen molar-refractivity contribution >= 4 is 17.5 Å². The molecule has 0 unspecified atom stereocenters. The molecule has 23 heavy (non-hydrogen) atoms. The smallest absolute Gasteiger partial charge is 0.293 e. The van der Waals surface area contributed by atoms with Crippen LogP contribution in [0, 0.1) is 0 Å². The monoisotopic (exact) mass is 333 g/mol. The molecule has 1 aromatic carbocycles. The van der Waals surface area contributed by atoms with Gasteiger partial charge in [0.15, 0.2) is 10.9 Å². The van der Waals surface area contributed by atoms with E-state index in [1.54, 1.807) is 4.57 Å². The number of aromatic nitrogens is 3. The summed E-state index contributed by atoms with van der Waals surface area (Å²) >= 11 is 1.30. The Kier molecular flexibility index (Phi) is 6.21. The molecular formula is C17H23N3O2S. The van der Waals surface area contributed by atoms with Crippen molar-refractivity contribution < 1.29 is 4.79 Å². The summed E-state index contributed by atoms with van der Waals surface area (Å²) in [6.07, 6.45) is 1.93. The highest BCUT2D eigenvalue weighted by Crippen LogP contribution is 2.20. The van der Waals surface area contributed by atoms with E-state index in [1.165, 1.54) is 17.3 Å². The summed E-state index contributed by atoms with van der Waals surface area (Å²) in [4.78, 5) is 23.9. The highest BCUT2D eigenvalue weighted by atomic mass is 32.2. The molecule has 0 fully saturated rings. The van der Waals surface area contributed by atoms with E-state index in [0.29, 0.717) is 23.2 Å². The van der Waals surface area contributed by atoms with Crippen molar-refractivity contribution in [1.29, 1.82) is 0 Å². The molecule has 0 aliphatic heterocycles. The fourth-order valence-electron chi connectivity index (χ4n) is 2.28. The van der Waals surface area contributed by atoms with Crippen LogP contribution in [0.25, 0.3) is 0 Å². The standard InChI is InChI=1S/C17H23N3O2S/c1-4-10-20-16(22)18-19-17(20)23-11-15(21)14-8-6-13(7-9-14)12(3)5-2/h6-9,12H,4-5,10-11H2,1-3H3,(H,18,22)/t12-/m0/s1. The van der Waals surface area contributed by atoms with E-state index in [2.05, 4.69) is 24.0 Å². The Balaban J connectivity index is 2.01. The highest BCUT2D eigenvalue weighted by molar-refractivity contribution is 7.99. The SMILES string of the molecule is CCCn1c(SCC(=O)c2ccc([C@@H](C)CC)cc2)n[nH]c1=O. The second-order valence-corrected chi connectivity index (χ2v) is 6.55. The number of carbonyl (C=O) groups is 1. The fourth-order valence-corrected chi connectivity index (χ4v) is 3.15. The van der Waals surface area contributed by atoms with Gasteiger partial charge in [-0.15, -0.1) is 5.10 Å². The predicted octanol–water partition coefficient (Wildman–Crippen LogP) is 3.47. The van der Waals surface area contributed by atoms with Crippen LogP contribution in [-0.4, -0.2) is 26.3 Å². The van der Waals surface area contributed by atoms with Crippen molar-refractivity contribution in [2.45, 2.75) is 51.2 Å². The van der Waals surface area contributed by atoms with Crippen LogP contribution in [0.5, 0.6) is 0 Å². The van der Waals surface area contributed by atoms with Crippen LogP contribution < -0.4 is 5.69 Å². The summed E-state index contributed by atoms with van der Waals surface area (Å²) in [6, 6.07) is 7.81. The maximum atomic E-state index is 12.3. The fraction of sp³-hybridized carbons (Fsp3) is 0.471. The number of carbonyl (C=O) groups excluding carboxylic acids is 1. The lowest BCUT2D eigenvalue weighted by atomic mass is 9.97. The molecule has 1 atom stereocenters. The van der Waals surface area contributed by atoms with Crippen molar-refractivity contribution in [2.24, 2.45) is 0 Å². The summed E-state index contributed by atoms with van der Waals surface area (Å²) in [5.74, 6) is 0.821. The molecule has 6 heteroatoms. The minimum atomic E-state index is -0.222. The minimum Gasteiger partial charge on any atom is -0.293 e. The largest absolute Gasteiger partial charge is 0.343 e. The van der Waals surface area contributed by atoms with Gasteiger partial charge in [-0.05, 0) is 24.3 Å². The number of benzene rings is 1. The number of aromatic amines is 1. The van der Waals surface area contributed by atoms with Crippen LogP contribution in [0.4, 0.5) is 0 Å². The molecule has 0 aliphatic rings. The molecule has 2 rings (SSSR count). The second kappa shape index (κ2) is 8.15. The van der Waals surface area contributed by atoms with Gasteiger partial charge in [0.05, 0.1) is 5.75 Å². The Labute approximate surface area is 140 Å². The zero-order chi connectivity index (χ0) is 16.8. The summed E-state index contributed by atoms with van der Waals surface area (Å²) in [5.41, 5.74) is 1.73. The average Bonchev–Trinajstić information content (AvgIpc) is 2.93. The average molecular weight is 333 g/mol. The normalized spacial score (nSPS) is 12.3. The minimum absolute atomic E-state index is 0.0456. The maximum absolute atomic E-state index is 12.3. The number of nitrogens with one attached hydrogen (secondary N) is 1. The number of Topliss-reactive ketones (excluding diaryl/α,β-unsaturated/α-hetero) is 1. The lowest BCUT2D eigenvalue weighted by Gasteiger charge is -2.09. The van der Waals surface area contributed by atoms with E-state index >= 15 is 0 Å². The number of ketones is 1. The number of hydrogen-bond donors (Lipinski definition) is 1. The Morgan fingerprint density at radius 1 is 1.30 bits per heavy atom. The van der Waals surface area contributed by atoms with Crippen LogP contribution in [0.15, 0.2) is 34.2 Å². The van der Waals surface area contributed by atoms with E-state index in [4.69, 9.17) is 0 Å². The Bertz CT molecular complexity index is 703. The van der Waals surface area contributed by atoms with Crippen molar-refractivity contribution in [2.75, 3.05) is 5.75 Å². The van der Waals surface area contributed by atoms with Gasteiger partial charge in [-0.2, -0.15) is 0 Å². The molecule has 5 nitrogen and oxygen atoms in total. The Hall–Kier alpha value is -1.82. The number of nitrogens with zero attached hydrogens (tertiary/aromatic N) is 2. The second-order valence-electron chi connectivity index (χ2n) is 5.61. The zero-order valence-corrected chi connectivity index (χ0v) is 14.7. The van der Waals surface area contributed by atoms with Gasteiger partial charge in [0.1, 0.15) is 0 Å². The first kappa shape index (κ1) is 17.5. The Morgan fingerprint density at radius 2 is 2.00 bits per heavy atom. The molecule has 1 aromatic heterocycles.